The van der Waals surface area contributed by atoms with Crippen molar-refractivity contribution in [3.8, 4) is 0 Å². The zero-order valence-electron chi connectivity index (χ0n) is 15.7. The molecule has 1 fully saturated rings. The zero-order chi connectivity index (χ0) is 19.2. The van der Waals surface area contributed by atoms with Gasteiger partial charge >= 0.3 is 7.12 Å². The second-order valence-corrected chi connectivity index (χ2v) is 9.31. The first kappa shape index (κ1) is 19.0. The lowest BCUT2D eigenvalue weighted by molar-refractivity contribution is 0.00578. The predicted molar refractivity (Wildman–Crippen MR) is 106 cm³/mol. The van der Waals surface area contributed by atoms with Crippen molar-refractivity contribution < 1.29 is 19.2 Å². The molecule has 140 valence electrons. The van der Waals surface area contributed by atoms with E-state index in [1.54, 1.807) is 42.5 Å². The number of hydrogen-bond acceptors (Lipinski definition) is 4. The van der Waals surface area contributed by atoms with E-state index in [4.69, 9.17) is 9.31 Å². The van der Waals surface area contributed by atoms with Gasteiger partial charge < -0.3 is 9.31 Å². The summed E-state index contributed by atoms with van der Waals surface area (Å²) in [5, 5.41) is 0. The normalized spacial score (nSPS) is 18.7. The Kier molecular flexibility index (Phi) is 4.67. The molecular weight excluding hydrogens is 349 g/mol. The maximum atomic E-state index is 12.6. The van der Waals surface area contributed by atoms with Gasteiger partial charge in [0.05, 0.1) is 16.1 Å². The van der Waals surface area contributed by atoms with Gasteiger partial charge in [-0.15, -0.1) is 0 Å². The van der Waals surface area contributed by atoms with Crippen molar-refractivity contribution in [2.75, 3.05) is 4.72 Å². The number of anilines is 1. The maximum absolute atomic E-state index is 12.6. The molecule has 0 spiro atoms. The molecule has 2 aromatic carbocycles. The molecule has 26 heavy (non-hydrogen) atoms. The van der Waals surface area contributed by atoms with Gasteiger partial charge in [-0.3, -0.25) is 4.72 Å². The number of rotatable bonds is 4. The summed E-state index contributed by atoms with van der Waals surface area (Å²) in [4.78, 5) is 0.226. The first-order valence-electron chi connectivity index (χ1n) is 8.55. The third-order valence-electron chi connectivity index (χ3n) is 5.00. The Morgan fingerprint density at radius 1 is 0.962 bits per heavy atom. The van der Waals surface area contributed by atoms with Crippen molar-refractivity contribution in [2.24, 2.45) is 0 Å². The van der Waals surface area contributed by atoms with Gasteiger partial charge in [0.1, 0.15) is 0 Å². The molecule has 0 bridgehead atoms. The van der Waals surface area contributed by atoms with Gasteiger partial charge in [0.15, 0.2) is 0 Å². The van der Waals surface area contributed by atoms with E-state index in [0.29, 0.717) is 5.69 Å². The molecule has 1 aliphatic rings. The highest BCUT2D eigenvalue weighted by Gasteiger charge is 2.51. The Bertz CT molecular complexity index is 898. The summed E-state index contributed by atoms with van der Waals surface area (Å²) in [6.45, 7) is 9.85. The zero-order valence-corrected chi connectivity index (χ0v) is 16.6. The summed E-state index contributed by atoms with van der Waals surface area (Å²) in [7, 11) is -4.19. The average Bonchev–Trinajstić information content (AvgIpc) is 2.76. The van der Waals surface area contributed by atoms with Crippen molar-refractivity contribution in [3.63, 3.8) is 0 Å². The minimum absolute atomic E-state index is 0. The predicted octanol–water partition coefficient (Wildman–Crippen LogP) is 3.34. The standard InChI is InChI=1S/C19H24BNO4S.H2/c1-14-9-11-17(12-10-14)26(22,23)21-16-8-6-7-15(13-16)20-24-18(2,3)19(4,5)25-20;/h6-13,21H,1-5H3;1H. The van der Waals surface area contributed by atoms with Crippen LogP contribution < -0.4 is 10.2 Å². The lowest BCUT2D eigenvalue weighted by Gasteiger charge is -2.32. The van der Waals surface area contributed by atoms with Crippen molar-refractivity contribution in [2.45, 2.75) is 50.7 Å². The van der Waals surface area contributed by atoms with Crippen molar-refractivity contribution >= 4 is 28.3 Å². The van der Waals surface area contributed by atoms with Crippen LogP contribution in [0.4, 0.5) is 5.69 Å². The molecule has 0 aromatic heterocycles. The summed E-state index contributed by atoms with van der Waals surface area (Å²) in [5.41, 5.74) is 1.35. The Morgan fingerprint density at radius 2 is 1.54 bits per heavy atom. The highest BCUT2D eigenvalue weighted by molar-refractivity contribution is 7.92. The molecule has 2 aromatic rings. The van der Waals surface area contributed by atoms with E-state index in [1.165, 1.54) is 0 Å². The average molecular weight is 375 g/mol. The summed E-state index contributed by atoms with van der Waals surface area (Å²) in [6.07, 6.45) is 0. The lowest BCUT2D eigenvalue weighted by Crippen LogP contribution is -2.41. The van der Waals surface area contributed by atoms with Crippen LogP contribution in [0.3, 0.4) is 0 Å². The van der Waals surface area contributed by atoms with E-state index in [0.717, 1.165) is 11.0 Å². The fourth-order valence-electron chi connectivity index (χ4n) is 2.66. The van der Waals surface area contributed by atoms with E-state index in [-0.39, 0.29) is 6.32 Å². The maximum Gasteiger partial charge on any atom is 0.494 e. The molecule has 0 saturated carbocycles. The van der Waals surface area contributed by atoms with Crippen LogP contribution in [0.25, 0.3) is 0 Å². The molecule has 0 unspecified atom stereocenters. The monoisotopic (exact) mass is 375 g/mol. The van der Waals surface area contributed by atoms with Crippen LogP contribution in [0.2, 0.25) is 0 Å². The molecule has 1 heterocycles. The first-order chi connectivity index (χ1) is 12.0. The quantitative estimate of drug-likeness (QED) is 0.833. The molecule has 0 amide bonds. The molecule has 7 heteroatoms. The lowest BCUT2D eigenvalue weighted by atomic mass is 9.79. The number of aryl methyl sites for hydroxylation is 1. The fraction of sp³-hybridized carbons (Fsp3) is 0.368. The van der Waals surface area contributed by atoms with Gasteiger partial charge in [0.2, 0.25) is 0 Å². The molecular formula is C19H26BNO4S. The van der Waals surface area contributed by atoms with Crippen LogP contribution in [0.1, 0.15) is 34.7 Å². The van der Waals surface area contributed by atoms with Crippen LogP contribution >= 0.6 is 0 Å². The minimum atomic E-state index is -3.65. The smallest absolute Gasteiger partial charge is 0.399 e. The van der Waals surface area contributed by atoms with E-state index < -0.39 is 28.3 Å². The SMILES string of the molecule is Cc1ccc(S(=O)(=O)Nc2cccc(B3OC(C)(C)C(C)(C)O3)c2)cc1.[HH]. The second-order valence-electron chi connectivity index (χ2n) is 7.63. The van der Waals surface area contributed by atoms with Gasteiger partial charge in [-0.05, 0) is 64.3 Å². The molecule has 1 saturated heterocycles. The topological polar surface area (TPSA) is 64.6 Å². The van der Waals surface area contributed by atoms with Crippen molar-refractivity contribution in [1.29, 1.82) is 0 Å². The summed E-state index contributed by atoms with van der Waals surface area (Å²) < 4.78 is 39.8. The molecule has 1 aliphatic heterocycles. The van der Waals surface area contributed by atoms with Crippen LogP contribution in [-0.4, -0.2) is 26.7 Å². The van der Waals surface area contributed by atoms with Gasteiger partial charge in [0.25, 0.3) is 10.0 Å². The first-order valence-corrected chi connectivity index (χ1v) is 10.0. The number of sulfonamides is 1. The third-order valence-corrected chi connectivity index (χ3v) is 6.39. The van der Waals surface area contributed by atoms with E-state index in [2.05, 4.69) is 4.72 Å². The molecule has 0 aliphatic carbocycles. The van der Waals surface area contributed by atoms with Crippen molar-refractivity contribution in [3.05, 3.63) is 54.1 Å². The van der Waals surface area contributed by atoms with Crippen LogP contribution in [0, 0.1) is 6.92 Å². The molecule has 5 nitrogen and oxygen atoms in total. The Balaban J connectivity index is 0.00000261. The number of hydrogen-bond donors (Lipinski definition) is 1. The summed E-state index contributed by atoms with van der Waals surface area (Å²) >= 11 is 0. The molecule has 0 atom stereocenters. The van der Waals surface area contributed by atoms with Gasteiger partial charge in [-0.25, -0.2) is 8.42 Å². The number of nitrogens with one attached hydrogen (secondary N) is 1. The summed E-state index contributed by atoms with van der Waals surface area (Å²) in [5.74, 6) is 0. The fourth-order valence-corrected chi connectivity index (χ4v) is 3.71. The molecule has 1 N–H and O–H groups in total. The van der Waals surface area contributed by atoms with E-state index in [1.807, 2.05) is 40.7 Å². The number of benzene rings is 2. The van der Waals surface area contributed by atoms with Crippen LogP contribution in [0.5, 0.6) is 0 Å². The van der Waals surface area contributed by atoms with Gasteiger partial charge in [-0.2, -0.15) is 0 Å². The largest absolute Gasteiger partial charge is 0.494 e. The highest BCUT2D eigenvalue weighted by atomic mass is 32.2. The highest BCUT2D eigenvalue weighted by Crippen LogP contribution is 2.36. The van der Waals surface area contributed by atoms with E-state index >= 15 is 0 Å². The van der Waals surface area contributed by atoms with Gasteiger partial charge in [0, 0.05) is 7.11 Å². The third kappa shape index (κ3) is 3.65. The molecule has 0 radical (unpaired) electrons. The van der Waals surface area contributed by atoms with Gasteiger partial charge in [-0.1, -0.05) is 29.8 Å². The Hall–Kier alpha value is -1.83. The van der Waals surface area contributed by atoms with Crippen LogP contribution in [0.15, 0.2) is 53.4 Å². The van der Waals surface area contributed by atoms with Crippen molar-refractivity contribution in [1.82, 2.24) is 0 Å². The minimum Gasteiger partial charge on any atom is -0.399 e. The summed E-state index contributed by atoms with van der Waals surface area (Å²) in [6, 6.07) is 13.8. The van der Waals surface area contributed by atoms with E-state index in [9.17, 15) is 8.42 Å². The Labute approximate surface area is 157 Å². The molecule has 3 rings (SSSR count). The second kappa shape index (κ2) is 6.41. The Morgan fingerprint density at radius 3 is 2.12 bits per heavy atom. The van der Waals surface area contributed by atoms with Crippen LogP contribution in [-0.2, 0) is 19.3 Å².